The summed E-state index contributed by atoms with van der Waals surface area (Å²) in [6.07, 6.45) is 8.88. The molecule has 2 aromatic rings. The minimum absolute atomic E-state index is 0.0337. The van der Waals surface area contributed by atoms with E-state index in [0.29, 0.717) is 37.3 Å². The second-order valence-electron chi connectivity index (χ2n) is 8.23. The highest BCUT2D eigenvalue weighted by Gasteiger charge is 2.57. The van der Waals surface area contributed by atoms with Crippen LogP contribution in [0.25, 0.3) is 5.83 Å². The first kappa shape index (κ1) is 20.7. The first-order chi connectivity index (χ1) is 15.5. The van der Waals surface area contributed by atoms with Crippen LogP contribution >= 0.6 is 11.8 Å². The fraction of sp³-hybridized carbons (Fsp3) is 0.409. The van der Waals surface area contributed by atoms with E-state index in [1.165, 1.54) is 6.20 Å². The van der Waals surface area contributed by atoms with E-state index in [-0.39, 0.29) is 23.1 Å². The highest BCUT2D eigenvalue weighted by molar-refractivity contribution is 8.02. The van der Waals surface area contributed by atoms with Gasteiger partial charge in [-0.1, -0.05) is 0 Å². The lowest BCUT2D eigenvalue weighted by Crippen LogP contribution is -2.48. The molecule has 3 aliphatic rings. The van der Waals surface area contributed by atoms with Gasteiger partial charge in [-0.3, -0.25) is 9.78 Å². The lowest BCUT2D eigenvalue weighted by atomic mass is 9.93. The van der Waals surface area contributed by atoms with Crippen molar-refractivity contribution in [3.05, 3.63) is 53.9 Å². The van der Waals surface area contributed by atoms with E-state index in [1.807, 2.05) is 11.0 Å². The molecule has 2 N–H and O–H groups in total. The zero-order valence-electron chi connectivity index (χ0n) is 17.3. The minimum atomic E-state index is -0.663. The largest absolute Gasteiger partial charge is 0.402 e. The number of fused-ring (bicyclic) bond motifs is 1. The number of hydrogen-bond acceptors (Lipinski definition) is 8. The van der Waals surface area contributed by atoms with Crippen LogP contribution in [-0.2, 0) is 4.79 Å². The molecular weight excluding hydrogens is 429 g/mol. The molecule has 0 bridgehead atoms. The Kier molecular flexibility index (Phi) is 5.21. The van der Waals surface area contributed by atoms with Crippen molar-refractivity contribution >= 4 is 29.3 Å². The number of halogens is 1. The van der Waals surface area contributed by atoms with E-state index in [2.05, 4.69) is 25.9 Å². The summed E-state index contributed by atoms with van der Waals surface area (Å²) in [4.78, 5) is 30.1. The molecule has 10 heteroatoms. The van der Waals surface area contributed by atoms with Gasteiger partial charge in [0.1, 0.15) is 16.6 Å². The van der Waals surface area contributed by atoms with Crippen molar-refractivity contribution in [2.24, 2.45) is 5.73 Å². The average molecular weight is 452 g/mol. The van der Waals surface area contributed by atoms with E-state index in [4.69, 9.17) is 5.73 Å². The molecule has 5 rings (SSSR count). The Hall–Kier alpha value is -3.19. The zero-order chi connectivity index (χ0) is 22.3. The van der Waals surface area contributed by atoms with Crippen molar-refractivity contribution in [1.82, 2.24) is 19.9 Å². The fourth-order valence-corrected chi connectivity index (χ4v) is 6.64. The summed E-state index contributed by atoms with van der Waals surface area (Å²) in [6.45, 7) is 1.31. The number of thioether (sulfide) groups is 1. The van der Waals surface area contributed by atoms with Gasteiger partial charge in [0.15, 0.2) is 11.7 Å². The van der Waals surface area contributed by atoms with Gasteiger partial charge in [0.05, 0.1) is 17.0 Å². The first-order valence-corrected chi connectivity index (χ1v) is 11.4. The van der Waals surface area contributed by atoms with Crippen LogP contribution in [0.2, 0.25) is 0 Å². The zero-order valence-corrected chi connectivity index (χ0v) is 18.1. The highest BCUT2D eigenvalue weighted by Crippen LogP contribution is 2.55. The fourth-order valence-electron chi connectivity index (χ4n) is 4.89. The van der Waals surface area contributed by atoms with Gasteiger partial charge < -0.3 is 15.5 Å². The van der Waals surface area contributed by atoms with Gasteiger partial charge in [-0.05, 0) is 43.4 Å². The molecular formula is C22H22FN7OS. The van der Waals surface area contributed by atoms with E-state index < -0.39 is 10.6 Å². The molecule has 3 fully saturated rings. The third-order valence-corrected chi connectivity index (χ3v) is 8.26. The van der Waals surface area contributed by atoms with Crippen molar-refractivity contribution in [3.63, 3.8) is 0 Å². The number of carbonyl (C=O) groups excluding carboxylic acids is 1. The number of nitriles is 1. The molecule has 3 aliphatic heterocycles. The summed E-state index contributed by atoms with van der Waals surface area (Å²) in [5.41, 5.74) is 6.69. The van der Waals surface area contributed by atoms with Gasteiger partial charge in [-0.2, -0.15) is 5.26 Å². The maximum absolute atomic E-state index is 13.8. The summed E-state index contributed by atoms with van der Waals surface area (Å²) < 4.78 is 13.3. The smallest absolute Gasteiger partial charge is 0.240 e. The van der Waals surface area contributed by atoms with Crippen LogP contribution in [0.4, 0.5) is 10.2 Å². The van der Waals surface area contributed by atoms with E-state index in [0.717, 1.165) is 24.6 Å². The summed E-state index contributed by atoms with van der Waals surface area (Å²) in [7, 11) is 0. The van der Waals surface area contributed by atoms with Gasteiger partial charge in [0, 0.05) is 37.9 Å². The normalized spacial score (nSPS) is 24.6. The van der Waals surface area contributed by atoms with Crippen LogP contribution in [0.15, 0.2) is 36.9 Å². The number of amides is 1. The molecule has 5 heterocycles. The quantitative estimate of drug-likeness (QED) is 0.758. The van der Waals surface area contributed by atoms with Gasteiger partial charge in [0.2, 0.25) is 5.91 Å². The van der Waals surface area contributed by atoms with Crippen molar-refractivity contribution < 1.29 is 9.18 Å². The number of rotatable bonds is 3. The number of piperidine rings is 1. The summed E-state index contributed by atoms with van der Waals surface area (Å²) in [6, 6.07) is 5.69. The van der Waals surface area contributed by atoms with Crippen molar-refractivity contribution in [2.75, 3.05) is 18.0 Å². The number of nitrogens with zero attached hydrogens (tertiary/aromatic N) is 6. The van der Waals surface area contributed by atoms with Crippen LogP contribution in [0, 0.1) is 11.3 Å². The molecule has 0 aromatic carbocycles. The summed E-state index contributed by atoms with van der Waals surface area (Å²) in [5, 5.41) is 9.36. The van der Waals surface area contributed by atoms with Crippen molar-refractivity contribution in [2.45, 2.75) is 41.8 Å². The lowest BCUT2D eigenvalue weighted by Gasteiger charge is -2.38. The molecule has 0 saturated carbocycles. The second kappa shape index (κ2) is 8.06. The molecule has 8 nitrogen and oxygen atoms in total. The van der Waals surface area contributed by atoms with Crippen LogP contribution in [0.3, 0.4) is 0 Å². The molecule has 32 heavy (non-hydrogen) atoms. The van der Waals surface area contributed by atoms with Gasteiger partial charge >= 0.3 is 0 Å². The predicted octanol–water partition coefficient (Wildman–Crippen LogP) is 2.75. The van der Waals surface area contributed by atoms with Crippen LogP contribution in [-0.4, -0.2) is 49.0 Å². The summed E-state index contributed by atoms with van der Waals surface area (Å²) in [5.74, 6) is 0.115. The first-order valence-electron chi connectivity index (χ1n) is 10.6. The molecule has 1 amide bonds. The van der Waals surface area contributed by atoms with Gasteiger partial charge in [0.25, 0.3) is 0 Å². The number of pyridine rings is 1. The molecule has 0 aliphatic carbocycles. The van der Waals surface area contributed by atoms with Crippen LogP contribution in [0.1, 0.15) is 48.7 Å². The van der Waals surface area contributed by atoms with E-state index >= 15 is 0 Å². The monoisotopic (exact) mass is 451 g/mol. The Morgan fingerprint density at radius 3 is 2.91 bits per heavy atom. The molecule has 2 aromatic heterocycles. The number of hydrogen-bond donors (Lipinski definition) is 1. The van der Waals surface area contributed by atoms with Crippen LogP contribution < -0.4 is 10.6 Å². The molecule has 1 spiro atoms. The Morgan fingerprint density at radius 1 is 1.34 bits per heavy atom. The Bertz CT molecular complexity index is 1130. The predicted molar refractivity (Wildman–Crippen MR) is 119 cm³/mol. The van der Waals surface area contributed by atoms with Crippen LogP contribution in [0.5, 0.6) is 0 Å². The maximum Gasteiger partial charge on any atom is 0.240 e. The molecule has 3 saturated heterocycles. The Morgan fingerprint density at radius 2 is 2.16 bits per heavy atom. The number of carbonyl (C=O) groups is 1. The standard InChI is InChI=1S/C22H22FN7OS/c23-16(11-25)20-27-6-3-18(28-20)29-7-4-22(5-8-29)21(31)30-17(1-2-19(30)32-22)15-9-14(10-24)12-26-13-15/h3,6,9,11-13,17,19H,1-2,4-5,7-8,25H2/t17-,19+/m0/s1. The molecule has 0 radical (unpaired) electrons. The van der Waals surface area contributed by atoms with Crippen molar-refractivity contribution in [3.8, 4) is 6.07 Å². The SMILES string of the molecule is N#Cc1cncc([C@@H]2CC[C@H]3SC4(CCN(c5ccnc(C(F)=CN)n5)CC4)C(=O)N32)c1. The van der Waals surface area contributed by atoms with E-state index in [1.54, 1.807) is 30.2 Å². The van der Waals surface area contributed by atoms with Gasteiger partial charge in [-0.15, -0.1) is 11.8 Å². The topological polar surface area (TPSA) is 112 Å². The third-order valence-electron chi connectivity index (χ3n) is 6.49. The molecule has 2 atom stereocenters. The third kappa shape index (κ3) is 3.37. The minimum Gasteiger partial charge on any atom is -0.402 e. The Balaban J connectivity index is 1.32. The number of nitrogens with two attached hydrogens (primary N) is 1. The number of aromatic nitrogens is 3. The van der Waals surface area contributed by atoms with Crippen molar-refractivity contribution in [1.29, 1.82) is 5.26 Å². The maximum atomic E-state index is 13.8. The van der Waals surface area contributed by atoms with Gasteiger partial charge in [-0.25, -0.2) is 14.4 Å². The number of anilines is 1. The molecule has 164 valence electrons. The average Bonchev–Trinajstić information content (AvgIpc) is 3.37. The second-order valence-corrected chi connectivity index (χ2v) is 9.79. The highest BCUT2D eigenvalue weighted by atomic mass is 32.2. The lowest BCUT2D eigenvalue weighted by molar-refractivity contribution is -0.134. The Labute approximate surface area is 189 Å². The summed E-state index contributed by atoms with van der Waals surface area (Å²) >= 11 is 1.78. The van der Waals surface area contributed by atoms with E-state index in [9.17, 15) is 14.4 Å². The molecule has 0 unspecified atom stereocenters.